The highest BCUT2D eigenvalue weighted by Gasteiger charge is 2.15. The number of carbonyl (C=O) groups is 1. The number of hydrogen-bond acceptors (Lipinski definition) is 7. The predicted octanol–water partition coefficient (Wildman–Crippen LogP) is 2.59. The van der Waals surface area contributed by atoms with Gasteiger partial charge in [-0.05, 0) is 19.1 Å². The Labute approximate surface area is 136 Å². The summed E-state index contributed by atoms with van der Waals surface area (Å²) in [6.45, 7) is 1.58. The molecule has 0 saturated heterocycles. The first kappa shape index (κ1) is 16.8. The second-order valence-corrected chi connectivity index (χ2v) is 4.55. The fraction of sp³-hybridized carbons (Fsp3) is 0.214. The summed E-state index contributed by atoms with van der Waals surface area (Å²) in [7, 11) is 0. The number of hydrogen-bond donors (Lipinski definition) is 1. The van der Waals surface area contributed by atoms with Crippen molar-refractivity contribution in [1.82, 2.24) is 9.97 Å². The lowest BCUT2D eigenvalue weighted by Gasteiger charge is -2.11. The molecule has 9 heteroatoms. The van der Waals surface area contributed by atoms with E-state index in [1.54, 1.807) is 13.0 Å². The minimum atomic E-state index is -0.757. The topological polar surface area (TPSA) is 96.6 Å². The number of esters is 1. The van der Waals surface area contributed by atoms with E-state index in [1.807, 2.05) is 0 Å². The molecule has 2 aromatic rings. The van der Waals surface area contributed by atoms with E-state index in [2.05, 4.69) is 9.97 Å². The van der Waals surface area contributed by atoms with Crippen LogP contribution in [0.5, 0.6) is 17.5 Å². The van der Waals surface area contributed by atoms with Crippen LogP contribution in [0.2, 0.25) is 5.02 Å². The van der Waals surface area contributed by atoms with Crippen molar-refractivity contribution in [2.45, 2.75) is 6.92 Å². The lowest BCUT2D eigenvalue weighted by molar-refractivity contribution is -0.145. The molecule has 2 N–H and O–H groups in total. The maximum atomic E-state index is 13.2. The summed E-state index contributed by atoms with van der Waals surface area (Å²) < 4.78 is 28.7. The minimum Gasteiger partial charge on any atom is -0.463 e. The molecule has 2 heterocycles. The van der Waals surface area contributed by atoms with Crippen LogP contribution in [0, 0.1) is 5.82 Å². The van der Waals surface area contributed by atoms with Crippen molar-refractivity contribution in [3.05, 3.63) is 35.2 Å². The highest BCUT2D eigenvalue weighted by Crippen LogP contribution is 2.33. The maximum absolute atomic E-state index is 13.2. The van der Waals surface area contributed by atoms with Crippen molar-refractivity contribution in [3.63, 3.8) is 0 Å². The minimum absolute atomic E-state index is 0.0290. The van der Waals surface area contributed by atoms with Gasteiger partial charge in [0.15, 0.2) is 24.0 Å². The van der Waals surface area contributed by atoms with Crippen molar-refractivity contribution in [3.8, 4) is 17.5 Å². The number of nitrogens with zero attached hydrogens (tertiary/aromatic N) is 2. The lowest BCUT2D eigenvalue weighted by atomic mass is 10.4. The van der Waals surface area contributed by atoms with Crippen molar-refractivity contribution in [2.24, 2.45) is 0 Å². The first-order valence-electron chi connectivity index (χ1n) is 6.54. The predicted molar refractivity (Wildman–Crippen MR) is 80.1 cm³/mol. The largest absolute Gasteiger partial charge is 0.463 e. The molecule has 0 aliphatic carbocycles. The normalized spacial score (nSPS) is 10.2. The van der Waals surface area contributed by atoms with E-state index in [0.717, 1.165) is 6.07 Å². The zero-order valence-corrected chi connectivity index (χ0v) is 12.8. The molecule has 0 aromatic carbocycles. The smallest absolute Gasteiger partial charge is 0.344 e. The number of carbonyl (C=O) groups excluding carboxylic acids is 1. The molecule has 0 amide bonds. The van der Waals surface area contributed by atoms with Gasteiger partial charge in [0, 0.05) is 12.3 Å². The molecule has 0 spiro atoms. The van der Waals surface area contributed by atoms with E-state index in [0.29, 0.717) is 0 Å². The number of anilines is 1. The Hall–Kier alpha value is -2.61. The molecule has 0 atom stereocenters. The van der Waals surface area contributed by atoms with Crippen LogP contribution < -0.4 is 15.2 Å². The standard InChI is InChI=1S/C14H13ClFN3O4/c1-2-21-11(20)7-22-14-10(4-3-5-18-14)23-13-8(15)6-9(16)12(17)19-13/h3-6H,2,7H2,1H3,(H2,17,19). The van der Waals surface area contributed by atoms with E-state index in [1.165, 1.54) is 12.3 Å². The third-order valence-electron chi connectivity index (χ3n) is 2.50. The molecule has 122 valence electrons. The van der Waals surface area contributed by atoms with Crippen LogP contribution >= 0.6 is 11.6 Å². The van der Waals surface area contributed by atoms with E-state index >= 15 is 0 Å². The molecule has 0 unspecified atom stereocenters. The molecule has 2 aromatic heterocycles. The van der Waals surface area contributed by atoms with Crippen LogP contribution in [0.1, 0.15) is 6.92 Å². The molecule has 0 bridgehead atoms. The highest BCUT2D eigenvalue weighted by atomic mass is 35.5. The monoisotopic (exact) mass is 341 g/mol. The summed E-state index contributed by atoms with van der Waals surface area (Å²) in [4.78, 5) is 19.0. The Balaban J connectivity index is 2.17. The summed E-state index contributed by atoms with van der Waals surface area (Å²) in [5.41, 5.74) is 5.38. The van der Waals surface area contributed by atoms with Gasteiger partial charge in [-0.2, -0.15) is 4.98 Å². The summed E-state index contributed by atoms with van der Waals surface area (Å²) in [6.07, 6.45) is 1.45. The quantitative estimate of drug-likeness (QED) is 0.806. The molecule has 0 aliphatic heterocycles. The SMILES string of the molecule is CCOC(=O)COc1ncccc1Oc1nc(N)c(F)cc1Cl. The van der Waals surface area contributed by atoms with Crippen molar-refractivity contribution >= 4 is 23.4 Å². The number of halogens is 2. The first-order valence-corrected chi connectivity index (χ1v) is 6.91. The van der Waals surface area contributed by atoms with Crippen LogP contribution in [-0.2, 0) is 9.53 Å². The van der Waals surface area contributed by atoms with Gasteiger partial charge >= 0.3 is 5.97 Å². The fourth-order valence-electron chi connectivity index (χ4n) is 1.53. The Morgan fingerprint density at radius 2 is 2.22 bits per heavy atom. The average Bonchev–Trinajstić information content (AvgIpc) is 2.52. The first-order chi connectivity index (χ1) is 11.0. The third kappa shape index (κ3) is 4.43. The molecule has 0 fully saturated rings. The lowest BCUT2D eigenvalue weighted by Crippen LogP contribution is -2.15. The van der Waals surface area contributed by atoms with Gasteiger partial charge in [0.2, 0.25) is 5.88 Å². The number of aromatic nitrogens is 2. The van der Waals surface area contributed by atoms with Gasteiger partial charge in [-0.3, -0.25) is 0 Å². The zero-order valence-electron chi connectivity index (χ0n) is 12.1. The molecule has 23 heavy (non-hydrogen) atoms. The van der Waals surface area contributed by atoms with Gasteiger partial charge in [-0.25, -0.2) is 14.2 Å². The summed E-state index contributed by atoms with van der Waals surface area (Å²) in [5, 5.41) is -0.0723. The van der Waals surface area contributed by atoms with Crippen molar-refractivity contribution in [1.29, 1.82) is 0 Å². The second kappa shape index (κ2) is 7.59. The van der Waals surface area contributed by atoms with E-state index in [9.17, 15) is 9.18 Å². The van der Waals surface area contributed by atoms with Gasteiger partial charge in [0.25, 0.3) is 5.88 Å². The molecule has 0 radical (unpaired) electrons. The summed E-state index contributed by atoms with van der Waals surface area (Å²) in [5.74, 6) is -1.61. The average molecular weight is 342 g/mol. The van der Waals surface area contributed by atoms with Gasteiger partial charge in [-0.1, -0.05) is 11.6 Å². The van der Waals surface area contributed by atoms with Crippen molar-refractivity contribution < 1.29 is 23.4 Å². The van der Waals surface area contributed by atoms with Crippen LogP contribution in [-0.4, -0.2) is 29.2 Å². The molecular weight excluding hydrogens is 329 g/mol. The highest BCUT2D eigenvalue weighted by molar-refractivity contribution is 6.31. The molecular formula is C14H13ClFN3O4. The Bertz CT molecular complexity index is 714. The third-order valence-corrected chi connectivity index (χ3v) is 2.77. The number of rotatable bonds is 6. The Kier molecular flexibility index (Phi) is 5.53. The number of ether oxygens (including phenoxy) is 3. The van der Waals surface area contributed by atoms with Crippen LogP contribution in [0.15, 0.2) is 24.4 Å². The van der Waals surface area contributed by atoms with Gasteiger partial charge in [0.05, 0.1) is 6.61 Å². The number of nitrogen functional groups attached to an aromatic ring is 1. The fourth-order valence-corrected chi connectivity index (χ4v) is 1.71. The Morgan fingerprint density at radius 3 is 2.96 bits per heavy atom. The Morgan fingerprint density at radius 1 is 1.43 bits per heavy atom. The van der Waals surface area contributed by atoms with E-state index in [4.69, 9.17) is 31.5 Å². The van der Waals surface area contributed by atoms with Crippen LogP contribution in [0.3, 0.4) is 0 Å². The number of pyridine rings is 2. The molecule has 2 rings (SSSR count). The van der Waals surface area contributed by atoms with Crippen LogP contribution in [0.25, 0.3) is 0 Å². The zero-order chi connectivity index (χ0) is 16.8. The second-order valence-electron chi connectivity index (χ2n) is 4.14. The van der Waals surface area contributed by atoms with E-state index < -0.39 is 11.8 Å². The molecule has 0 saturated carbocycles. The maximum Gasteiger partial charge on any atom is 0.344 e. The van der Waals surface area contributed by atoms with Crippen LogP contribution in [0.4, 0.5) is 10.2 Å². The van der Waals surface area contributed by atoms with Gasteiger partial charge in [0.1, 0.15) is 5.02 Å². The molecule has 0 aliphatic rings. The van der Waals surface area contributed by atoms with Gasteiger partial charge in [-0.15, -0.1) is 0 Å². The molecule has 7 nitrogen and oxygen atoms in total. The van der Waals surface area contributed by atoms with E-state index in [-0.39, 0.29) is 41.6 Å². The van der Waals surface area contributed by atoms with Gasteiger partial charge < -0.3 is 19.9 Å². The number of nitrogens with two attached hydrogens (primary N) is 1. The summed E-state index contributed by atoms with van der Waals surface area (Å²) >= 11 is 5.85. The summed E-state index contributed by atoms with van der Waals surface area (Å²) in [6, 6.07) is 4.08. The van der Waals surface area contributed by atoms with Crippen molar-refractivity contribution in [2.75, 3.05) is 18.9 Å².